The number of nitrogens with zero attached hydrogens (tertiary/aromatic N) is 1. The molecule has 0 aromatic heterocycles. The Balaban J connectivity index is 1.87. The molecule has 0 radical (unpaired) electrons. The summed E-state index contributed by atoms with van der Waals surface area (Å²) in [6.45, 7) is 1.93. The Bertz CT molecular complexity index is 994. The van der Waals surface area contributed by atoms with Crippen molar-refractivity contribution < 1.29 is 22.8 Å². The molecule has 2 atom stereocenters. The standard InChI is InChI=1S/C22H20F3N3O2/c1-13-3-5-14(6-4-13)19(15-7-9-16(26-2)10-8-15)28-21(30)17-11-12-18(22(23,24)25)27-20(17)29/h3-12,17,19,26H,1-2H3,(H,28,30). The van der Waals surface area contributed by atoms with E-state index in [0.717, 1.165) is 28.5 Å². The van der Waals surface area contributed by atoms with Crippen LogP contribution in [0.25, 0.3) is 0 Å². The second-order valence-electron chi connectivity index (χ2n) is 6.89. The Hall–Kier alpha value is -3.42. The average Bonchev–Trinajstić information content (AvgIpc) is 2.72. The van der Waals surface area contributed by atoms with E-state index in [1.165, 1.54) is 0 Å². The van der Waals surface area contributed by atoms with Gasteiger partial charge in [-0.25, -0.2) is 4.99 Å². The molecule has 156 valence electrons. The van der Waals surface area contributed by atoms with Gasteiger partial charge in [-0.05, 0) is 36.3 Å². The SMILES string of the molecule is CNc1ccc(C(NC(=O)C2C=CC(C(F)(F)F)=NC2=O)c2ccc(C)cc2)cc1. The fourth-order valence-corrected chi connectivity index (χ4v) is 3.04. The van der Waals surface area contributed by atoms with Crippen molar-refractivity contribution in [1.29, 1.82) is 0 Å². The van der Waals surface area contributed by atoms with Crippen LogP contribution >= 0.6 is 0 Å². The fourth-order valence-electron chi connectivity index (χ4n) is 3.04. The van der Waals surface area contributed by atoms with Crippen LogP contribution in [0.4, 0.5) is 18.9 Å². The summed E-state index contributed by atoms with van der Waals surface area (Å²) in [7, 11) is 1.78. The molecular weight excluding hydrogens is 395 g/mol. The number of carbonyl (C=O) groups is 2. The molecule has 2 N–H and O–H groups in total. The first-order valence-electron chi connectivity index (χ1n) is 9.21. The van der Waals surface area contributed by atoms with Gasteiger partial charge in [0.05, 0.1) is 6.04 Å². The topological polar surface area (TPSA) is 70.6 Å². The largest absolute Gasteiger partial charge is 0.433 e. The Kier molecular flexibility index (Phi) is 6.05. The Morgan fingerprint density at radius 3 is 2.10 bits per heavy atom. The molecule has 2 aromatic carbocycles. The van der Waals surface area contributed by atoms with Gasteiger partial charge in [0.2, 0.25) is 5.91 Å². The minimum absolute atomic E-state index is 0.585. The van der Waals surface area contributed by atoms with E-state index >= 15 is 0 Å². The third-order valence-corrected chi connectivity index (χ3v) is 4.75. The molecule has 3 rings (SSSR count). The number of anilines is 1. The normalized spacial score (nSPS) is 17.3. The number of carbonyl (C=O) groups excluding carboxylic acids is 2. The lowest BCUT2D eigenvalue weighted by atomic mass is 9.96. The third kappa shape index (κ3) is 4.76. The number of halogens is 3. The monoisotopic (exact) mass is 415 g/mol. The van der Waals surface area contributed by atoms with Gasteiger partial charge in [0, 0.05) is 12.7 Å². The molecule has 2 unspecified atom stereocenters. The summed E-state index contributed by atoms with van der Waals surface area (Å²) < 4.78 is 38.3. The van der Waals surface area contributed by atoms with Crippen LogP contribution in [0.1, 0.15) is 22.7 Å². The molecule has 8 heteroatoms. The number of dihydropyridines is 1. The van der Waals surface area contributed by atoms with Gasteiger partial charge < -0.3 is 10.6 Å². The predicted octanol–water partition coefficient (Wildman–Crippen LogP) is 3.96. The van der Waals surface area contributed by atoms with Crippen molar-refractivity contribution in [1.82, 2.24) is 5.32 Å². The van der Waals surface area contributed by atoms with Crippen LogP contribution in [0.3, 0.4) is 0 Å². The predicted molar refractivity (Wildman–Crippen MR) is 108 cm³/mol. The highest BCUT2D eigenvalue weighted by atomic mass is 19.4. The highest BCUT2D eigenvalue weighted by molar-refractivity contribution is 6.14. The van der Waals surface area contributed by atoms with E-state index in [2.05, 4.69) is 15.6 Å². The van der Waals surface area contributed by atoms with Crippen LogP contribution < -0.4 is 10.6 Å². The smallest absolute Gasteiger partial charge is 0.388 e. The third-order valence-electron chi connectivity index (χ3n) is 4.75. The van der Waals surface area contributed by atoms with E-state index in [9.17, 15) is 22.8 Å². The lowest BCUT2D eigenvalue weighted by molar-refractivity contribution is -0.132. The first-order chi connectivity index (χ1) is 14.2. The number of allylic oxidation sites excluding steroid dienone is 1. The van der Waals surface area contributed by atoms with Crippen molar-refractivity contribution in [3.05, 3.63) is 77.4 Å². The first kappa shape index (κ1) is 21.3. The first-order valence-corrected chi connectivity index (χ1v) is 9.21. The van der Waals surface area contributed by atoms with Gasteiger partial charge in [-0.15, -0.1) is 0 Å². The van der Waals surface area contributed by atoms with Gasteiger partial charge in [0.25, 0.3) is 5.91 Å². The molecule has 0 bridgehead atoms. The summed E-state index contributed by atoms with van der Waals surface area (Å²) in [6, 6.07) is 14.2. The molecule has 0 aliphatic carbocycles. The zero-order valence-corrected chi connectivity index (χ0v) is 16.3. The van der Waals surface area contributed by atoms with E-state index in [0.29, 0.717) is 6.08 Å². The summed E-state index contributed by atoms with van der Waals surface area (Å²) >= 11 is 0. The van der Waals surface area contributed by atoms with E-state index in [1.54, 1.807) is 7.05 Å². The Labute approximate surface area is 171 Å². The lowest BCUT2D eigenvalue weighted by Gasteiger charge is -2.23. The minimum Gasteiger partial charge on any atom is -0.388 e. The lowest BCUT2D eigenvalue weighted by Crippen LogP contribution is -2.39. The van der Waals surface area contributed by atoms with E-state index in [4.69, 9.17) is 0 Å². The number of aliphatic imine (C=N–C) groups is 1. The Morgan fingerprint density at radius 2 is 1.60 bits per heavy atom. The Morgan fingerprint density at radius 1 is 1.03 bits per heavy atom. The quantitative estimate of drug-likeness (QED) is 0.727. The van der Waals surface area contributed by atoms with E-state index in [-0.39, 0.29) is 0 Å². The van der Waals surface area contributed by atoms with Gasteiger partial charge >= 0.3 is 6.18 Å². The van der Waals surface area contributed by atoms with Crippen LogP contribution in [0.5, 0.6) is 0 Å². The molecule has 30 heavy (non-hydrogen) atoms. The van der Waals surface area contributed by atoms with Crippen LogP contribution in [0.15, 0.2) is 65.7 Å². The molecule has 0 spiro atoms. The maximum absolute atomic E-state index is 12.8. The second-order valence-corrected chi connectivity index (χ2v) is 6.89. The molecular formula is C22H20F3N3O2. The number of benzene rings is 2. The molecule has 2 amide bonds. The van der Waals surface area contributed by atoms with Gasteiger partial charge in [-0.2, -0.15) is 13.2 Å². The molecule has 0 fully saturated rings. The molecule has 1 aliphatic heterocycles. The molecule has 5 nitrogen and oxygen atoms in total. The number of rotatable bonds is 5. The van der Waals surface area contributed by atoms with Gasteiger partial charge in [0.1, 0.15) is 11.6 Å². The van der Waals surface area contributed by atoms with Crippen LogP contribution in [0, 0.1) is 12.8 Å². The zero-order valence-electron chi connectivity index (χ0n) is 16.3. The molecule has 0 saturated heterocycles. The highest BCUT2D eigenvalue weighted by Crippen LogP contribution is 2.26. The van der Waals surface area contributed by atoms with E-state index < -0.39 is 35.7 Å². The summed E-state index contributed by atoms with van der Waals surface area (Å²) in [5.74, 6) is -3.28. The fraction of sp³-hybridized carbons (Fsp3) is 0.227. The summed E-state index contributed by atoms with van der Waals surface area (Å²) in [5.41, 5.74) is 2.14. The summed E-state index contributed by atoms with van der Waals surface area (Å²) in [6.07, 6.45) is -3.15. The summed E-state index contributed by atoms with van der Waals surface area (Å²) in [5, 5.41) is 5.79. The number of alkyl halides is 3. The molecule has 1 heterocycles. The number of aryl methyl sites for hydroxylation is 1. The number of amides is 2. The van der Waals surface area contributed by atoms with Crippen molar-refractivity contribution in [3.8, 4) is 0 Å². The van der Waals surface area contributed by atoms with Crippen molar-refractivity contribution >= 4 is 23.2 Å². The van der Waals surface area contributed by atoms with Crippen LogP contribution in [0.2, 0.25) is 0 Å². The number of nitrogens with one attached hydrogen (secondary N) is 2. The van der Waals surface area contributed by atoms with Crippen LogP contribution in [-0.2, 0) is 9.59 Å². The molecule has 2 aromatic rings. The highest BCUT2D eigenvalue weighted by Gasteiger charge is 2.39. The maximum atomic E-state index is 12.8. The van der Waals surface area contributed by atoms with Crippen molar-refractivity contribution in [2.24, 2.45) is 10.9 Å². The minimum atomic E-state index is -4.74. The summed E-state index contributed by atoms with van der Waals surface area (Å²) in [4.78, 5) is 27.9. The van der Waals surface area contributed by atoms with E-state index in [1.807, 2.05) is 55.5 Å². The number of hydrogen-bond donors (Lipinski definition) is 2. The van der Waals surface area contributed by atoms with Crippen LogP contribution in [-0.4, -0.2) is 30.8 Å². The van der Waals surface area contributed by atoms with Crippen molar-refractivity contribution in [3.63, 3.8) is 0 Å². The zero-order chi connectivity index (χ0) is 21.9. The van der Waals surface area contributed by atoms with Crippen molar-refractivity contribution in [2.75, 3.05) is 12.4 Å². The average molecular weight is 415 g/mol. The van der Waals surface area contributed by atoms with Gasteiger partial charge in [0.15, 0.2) is 0 Å². The van der Waals surface area contributed by atoms with Gasteiger partial charge in [-0.1, -0.05) is 48.0 Å². The van der Waals surface area contributed by atoms with Gasteiger partial charge in [-0.3, -0.25) is 9.59 Å². The van der Waals surface area contributed by atoms with Crippen molar-refractivity contribution in [2.45, 2.75) is 19.1 Å². The maximum Gasteiger partial charge on any atom is 0.433 e. The molecule has 1 aliphatic rings. The second kappa shape index (κ2) is 8.52. The number of hydrogen-bond acceptors (Lipinski definition) is 3. The molecule has 0 saturated carbocycles.